The first-order valence-electron chi connectivity index (χ1n) is 4.88. The number of nitrogens with two attached hydrogens (primary N) is 1. The fourth-order valence-corrected chi connectivity index (χ4v) is 1.94. The molecule has 16 heavy (non-hydrogen) atoms. The smallest absolute Gasteiger partial charge is 0.228 e. The third kappa shape index (κ3) is 1.96. The zero-order valence-corrected chi connectivity index (χ0v) is 9.57. The summed E-state index contributed by atoms with van der Waals surface area (Å²) in [6, 6.07) is 3.24. The molecule has 1 aromatic rings. The van der Waals surface area contributed by atoms with Gasteiger partial charge in [-0.2, -0.15) is 4.98 Å². The zero-order chi connectivity index (χ0) is 11.7. The van der Waals surface area contributed by atoms with Gasteiger partial charge in [0.1, 0.15) is 0 Å². The van der Waals surface area contributed by atoms with Gasteiger partial charge in [-0.05, 0) is 6.07 Å². The molecule has 0 aliphatic carbocycles. The molecular formula is C10H12ClN3O2. The minimum Gasteiger partial charge on any atom is -0.481 e. The summed E-state index contributed by atoms with van der Waals surface area (Å²) in [4.78, 5) is 17.2. The van der Waals surface area contributed by atoms with Crippen LogP contribution in [0.15, 0.2) is 12.1 Å². The fraction of sp³-hybridized carbons (Fsp3) is 0.400. The van der Waals surface area contributed by atoms with Crippen LogP contribution < -0.4 is 15.4 Å². The van der Waals surface area contributed by atoms with Crippen molar-refractivity contribution in [1.29, 1.82) is 0 Å². The van der Waals surface area contributed by atoms with Crippen molar-refractivity contribution in [2.75, 3.05) is 18.6 Å². The summed E-state index contributed by atoms with van der Waals surface area (Å²) >= 11 is 5.98. The largest absolute Gasteiger partial charge is 0.481 e. The number of carbonyl (C=O) groups excluding carboxylic acids is 1. The molecule has 0 aromatic carbocycles. The van der Waals surface area contributed by atoms with E-state index in [4.69, 9.17) is 22.1 Å². The second-order valence-corrected chi connectivity index (χ2v) is 3.99. The van der Waals surface area contributed by atoms with Gasteiger partial charge in [0.05, 0.1) is 12.8 Å². The molecule has 0 bridgehead atoms. The Morgan fingerprint density at radius 1 is 1.62 bits per heavy atom. The number of anilines is 1. The average Bonchev–Trinajstić information content (AvgIpc) is 2.57. The Bertz CT molecular complexity index is 425. The van der Waals surface area contributed by atoms with Gasteiger partial charge < -0.3 is 15.4 Å². The molecule has 1 amide bonds. The molecule has 6 heteroatoms. The van der Waals surface area contributed by atoms with Crippen molar-refractivity contribution >= 4 is 23.2 Å². The maximum Gasteiger partial charge on any atom is 0.228 e. The molecule has 1 aliphatic heterocycles. The van der Waals surface area contributed by atoms with Gasteiger partial charge >= 0.3 is 0 Å². The molecule has 0 radical (unpaired) electrons. The van der Waals surface area contributed by atoms with Gasteiger partial charge in [-0.3, -0.25) is 4.79 Å². The molecule has 5 nitrogen and oxygen atoms in total. The Hall–Kier alpha value is -1.33. The molecule has 1 saturated heterocycles. The third-order valence-electron chi connectivity index (χ3n) is 2.46. The van der Waals surface area contributed by atoms with Crippen LogP contribution in [0.4, 0.5) is 5.69 Å². The highest BCUT2D eigenvalue weighted by Crippen LogP contribution is 2.29. The first-order chi connectivity index (χ1) is 7.61. The topological polar surface area (TPSA) is 68.5 Å². The standard InChI is InChI=1S/C10H12ClN3O2/c1-16-8-3-2-7(10(11)13-8)14-5-6(12)4-9(14)15/h2-3,6H,4-5,12H2,1H3. The predicted molar refractivity (Wildman–Crippen MR) is 60.7 cm³/mol. The molecule has 1 unspecified atom stereocenters. The minimum absolute atomic E-state index is 0.0265. The zero-order valence-electron chi connectivity index (χ0n) is 8.81. The lowest BCUT2D eigenvalue weighted by Gasteiger charge is -2.17. The van der Waals surface area contributed by atoms with E-state index in [9.17, 15) is 4.79 Å². The van der Waals surface area contributed by atoms with E-state index in [1.165, 1.54) is 7.11 Å². The lowest BCUT2D eigenvalue weighted by molar-refractivity contribution is -0.117. The summed E-state index contributed by atoms with van der Waals surface area (Å²) < 4.78 is 4.94. The summed E-state index contributed by atoms with van der Waals surface area (Å²) in [5.74, 6) is 0.395. The van der Waals surface area contributed by atoms with Crippen molar-refractivity contribution in [1.82, 2.24) is 4.98 Å². The van der Waals surface area contributed by atoms with Gasteiger partial charge in [0.2, 0.25) is 11.8 Å². The third-order valence-corrected chi connectivity index (χ3v) is 2.74. The number of pyridine rings is 1. The number of methoxy groups -OCH3 is 1. The van der Waals surface area contributed by atoms with Crippen LogP contribution in [0, 0.1) is 0 Å². The first kappa shape index (κ1) is 11.2. The molecule has 1 atom stereocenters. The maximum absolute atomic E-state index is 11.6. The summed E-state index contributed by atoms with van der Waals surface area (Å²) in [5, 5.41) is 0.252. The van der Waals surface area contributed by atoms with Crippen LogP contribution in [0.5, 0.6) is 5.88 Å². The van der Waals surface area contributed by atoms with Gasteiger partial charge in [0, 0.05) is 25.1 Å². The van der Waals surface area contributed by atoms with E-state index in [1.807, 2.05) is 0 Å². The number of hydrogen-bond donors (Lipinski definition) is 1. The number of halogens is 1. The molecule has 0 saturated carbocycles. The number of carbonyl (C=O) groups is 1. The Morgan fingerprint density at radius 2 is 2.38 bits per heavy atom. The van der Waals surface area contributed by atoms with Crippen LogP contribution in [0.2, 0.25) is 5.15 Å². The second-order valence-electron chi connectivity index (χ2n) is 3.63. The predicted octanol–water partition coefficient (Wildman–Crippen LogP) is 0.808. The minimum atomic E-state index is -0.134. The Balaban J connectivity index is 2.30. The number of aromatic nitrogens is 1. The van der Waals surface area contributed by atoms with E-state index in [0.29, 0.717) is 24.5 Å². The van der Waals surface area contributed by atoms with Gasteiger partial charge in [0.15, 0.2) is 5.15 Å². The van der Waals surface area contributed by atoms with Crippen LogP contribution in [0.3, 0.4) is 0 Å². The average molecular weight is 242 g/mol. The van der Waals surface area contributed by atoms with E-state index in [0.717, 1.165) is 0 Å². The molecule has 2 N–H and O–H groups in total. The summed E-state index contributed by atoms with van der Waals surface area (Å²) in [7, 11) is 1.51. The SMILES string of the molecule is COc1ccc(N2CC(N)CC2=O)c(Cl)n1. The number of amides is 1. The fourth-order valence-electron chi connectivity index (χ4n) is 1.69. The van der Waals surface area contributed by atoms with Gasteiger partial charge in [-0.25, -0.2) is 0 Å². The normalized spacial score (nSPS) is 20.3. The highest BCUT2D eigenvalue weighted by molar-refractivity contribution is 6.32. The number of hydrogen-bond acceptors (Lipinski definition) is 4. The quantitative estimate of drug-likeness (QED) is 0.778. The van der Waals surface area contributed by atoms with Crippen LogP contribution in [-0.4, -0.2) is 30.6 Å². The molecule has 1 aromatic heterocycles. The van der Waals surface area contributed by atoms with Crippen molar-refractivity contribution in [3.63, 3.8) is 0 Å². The van der Waals surface area contributed by atoms with Crippen molar-refractivity contribution < 1.29 is 9.53 Å². The van der Waals surface area contributed by atoms with E-state index in [1.54, 1.807) is 17.0 Å². The van der Waals surface area contributed by atoms with E-state index < -0.39 is 0 Å². The molecule has 86 valence electrons. The van der Waals surface area contributed by atoms with E-state index in [-0.39, 0.29) is 17.1 Å². The lowest BCUT2D eigenvalue weighted by Crippen LogP contribution is -2.28. The van der Waals surface area contributed by atoms with E-state index >= 15 is 0 Å². The van der Waals surface area contributed by atoms with Crippen LogP contribution in [0.1, 0.15) is 6.42 Å². The summed E-state index contributed by atoms with van der Waals surface area (Å²) in [6.07, 6.45) is 0.350. The highest BCUT2D eigenvalue weighted by Gasteiger charge is 2.29. The number of ether oxygens (including phenoxy) is 1. The Morgan fingerprint density at radius 3 is 2.88 bits per heavy atom. The maximum atomic E-state index is 11.6. The first-order valence-corrected chi connectivity index (χ1v) is 5.26. The van der Waals surface area contributed by atoms with Crippen molar-refractivity contribution in [2.24, 2.45) is 5.73 Å². The van der Waals surface area contributed by atoms with Crippen molar-refractivity contribution in [3.8, 4) is 5.88 Å². The molecule has 2 rings (SSSR count). The van der Waals surface area contributed by atoms with Crippen molar-refractivity contribution in [2.45, 2.75) is 12.5 Å². The Labute approximate surface area is 98.1 Å². The highest BCUT2D eigenvalue weighted by atomic mass is 35.5. The van der Waals surface area contributed by atoms with Crippen LogP contribution in [0.25, 0.3) is 0 Å². The van der Waals surface area contributed by atoms with Gasteiger partial charge in [0.25, 0.3) is 0 Å². The summed E-state index contributed by atoms with van der Waals surface area (Å²) in [6.45, 7) is 0.479. The van der Waals surface area contributed by atoms with Crippen LogP contribution >= 0.6 is 11.6 Å². The monoisotopic (exact) mass is 241 g/mol. The lowest BCUT2D eigenvalue weighted by atomic mass is 10.3. The second kappa shape index (κ2) is 4.27. The van der Waals surface area contributed by atoms with Crippen molar-refractivity contribution in [3.05, 3.63) is 17.3 Å². The molecule has 1 aliphatic rings. The summed E-state index contributed by atoms with van der Waals surface area (Å²) in [5.41, 5.74) is 6.29. The molecular weight excluding hydrogens is 230 g/mol. The molecule has 2 heterocycles. The number of rotatable bonds is 2. The molecule has 0 spiro atoms. The molecule has 1 fully saturated rings. The van der Waals surface area contributed by atoms with Gasteiger partial charge in [-0.1, -0.05) is 11.6 Å². The van der Waals surface area contributed by atoms with E-state index in [2.05, 4.69) is 4.98 Å². The number of nitrogens with zero attached hydrogens (tertiary/aromatic N) is 2. The Kier molecular flexibility index (Phi) is 2.98. The van der Waals surface area contributed by atoms with Crippen LogP contribution in [-0.2, 0) is 4.79 Å². The van der Waals surface area contributed by atoms with Gasteiger partial charge in [-0.15, -0.1) is 0 Å².